The average molecular weight is 231 g/mol. The van der Waals surface area contributed by atoms with Gasteiger partial charge in [-0.05, 0) is 18.6 Å². The molecule has 0 unspecified atom stereocenters. The van der Waals surface area contributed by atoms with Crippen molar-refractivity contribution < 1.29 is 4.74 Å². The molecule has 78 valence electrons. The highest BCUT2D eigenvalue weighted by molar-refractivity contribution is 7.80. The fourth-order valence-electron chi connectivity index (χ4n) is 0.843. The topological polar surface area (TPSA) is 61.0 Å². The van der Waals surface area contributed by atoms with Crippen LogP contribution in [0.15, 0.2) is 0 Å². The van der Waals surface area contributed by atoms with E-state index in [-0.39, 0.29) is 0 Å². The summed E-state index contributed by atoms with van der Waals surface area (Å²) in [5.74, 6) is 0. The quantitative estimate of drug-likeness (QED) is 0.618. The number of hydrogen-bond acceptors (Lipinski definition) is 6. The lowest BCUT2D eigenvalue weighted by atomic mass is 10.4. The van der Waals surface area contributed by atoms with Crippen molar-refractivity contribution in [3.63, 3.8) is 0 Å². The van der Waals surface area contributed by atoms with Crippen LogP contribution in [0.3, 0.4) is 0 Å². The molecule has 0 bridgehead atoms. The van der Waals surface area contributed by atoms with Gasteiger partial charge in [0.05, 0.1) is 13.0 Å². The summed E-state index contributed by atoms with van der Waals surface area (Å²) in [5, 5.41) is 9.40. The minimum atomic E-state index is 0.469. The molecule has 1 aromatic rings. The van der Waals surface area contributed by atoms with Crippen LogP contribution in [-0.4, -0.2) is 21.9 Å². The van der Waals surface area contributed by atoms with E-state index in [2.05, 4.69) is 17.1 Å². The van der Waals surface area contributed by atoms with Gasteiger partial charge >= 0.3 is 0 Å². The molecule has 0 aliphatic carbocycles. The first kappa shape index (κ1) is 11.3. The third-order valence-corrected chi connectivity index (χ3v) is 2.55. The Morgan fingerprint density at radius 2 is 2.36 bits per heavy atom. The van der Waals surface area contributed by atoms with E-state index in [1.807, 2.05) is 0 Å². The van der Waals surface area contributed by atoms with E-state index in [4.69, 9.17) is 22.7 Å². The molecule has 6 heteroatoms. The zero-order valence-corrected chi connectivity index (χ0v) is 9.66. The van der Waals surface area contributed by atoms with Gasteiger partial charge in [-0.3, -0.25) is 0 Å². The minimum Gasteiger partial charge on any atom is -0.487 e. The first-order valence-corrected chi connectivity index (χ1v) is 5.68. The summed E-state index contributed by atoms with van der Waals surface area (Å²) < 4.78 is 5.33. The Kier molecular flexibility index (Phi) is 4.75. The lowest BCUT2D eigenvalue weighted by molar-refractivity contribution is 0.299. The first-order valence-electron chi connectivity index (χ1n) is 4.46. The zero-order valence-electron chi connectivity index (χ0n) is 8.02. The predicted octanol–water partition coefficient (Wildman–Crippen LogP) is 1.81. The molecule has 0 aliphatic rings. The van der Waals surface area contributed by atoms with E-state index < -0.39 is 0 Å². The van der Waals surface area contributed by atoms with Crippen molar-refractivity contribution in [3.05, 3.63) is 5.01 Å². The van der Waals surface area contributed by atoms with E-state index in [0.29, 0.717) is 23.2 Å². The second-order valence-electron chi connectivity index (χ2n) is 2.78. The highest BCUT2D eigenvalue weighted by atomic mass is 32.1. The van der Waals surface area contributed by atoms with E-state index in [1.165, 1.54) is 11.3 Å². The molecule has 0 aromatic carbocycles. The van der Waals surface area contributed by atoms with E-state index >= 15 is 0 Å². The fraction of sp³-hybridized carbons (Fsp3) is 0.625. The van der Waals surface area contributed by atoms with Crippen molar-refractivity contribution in [1.29, 1.82) is 0 Å². The molecule has 0 atom stereocenters. The number of thiocarbonyl (C=S) groups is 1. The molecule has 0 saturated carbocycles. The molecule has 0 aliphatic heterocycles. The normalized spacial score (nSPS) is 10.1. The molecule has 2 N–H and O–H groups in total. The van der Waals surface area contributed by atoms with E-state index in [9.17, 15) is 0 Å². The Labute approximate surface area is 92.5 Å². The average Bonchev–Trinajstić information content (AvgIpc) is 2.52. The molecular weight excluding hydrogens is 218 g/mol. The van der Waals surface area contributed by atoms with Crippen LogP contribution in [0, 0.1) is 0 Å². The fourth-order valence-corrected chi connectivity index (χ4v) is 1.76. The Balaban J connectivity index is 2.27. The van der Waals surface area contributed by atoms with Crippen molar-refractivity contribution in [2.45, 2.75) is 26.2 Å². The van der Waals surface area contributed by atoms with Gasteiger partial charge in [-0.2, -0.15) is 0 Å². The van der Waals surface area contributed by atoms with Crippen LogP contribution < -0.4 is 5.73 Å². The summed E-state index contributed by atoms with van der Waals surface area (Å²) in [6, 6.07) is 0. The number of nitrogens with zero attached hydrogens (tertiary/aromatic N) is 2. The van der Waals surface area contributed by atoms with Gasteiger partial charge in [0.2, 0.25) is 5.13 Å². The van der Waals surface area contributed by atoms with Crippen LogP contribution in [0.25, 0.3) is 0 Å². The van der Waals surface area contributed by atoms with Crippen LogP contribution >= 0.6 is 23.6 Å². The van der Waals surface area contributed by atoms with Crippen LogP contribution in [0.1, 0.15) is 24.8 Å². The molecule has 1 rings (SSSR count). The van der Waals surface area contributed by atoms with Gasteiger partial charge in [0.1, 0.15) is 5.01 Å². The van der Waals surface area contributed by atoms with E-state index in [0.717, 1.165) is 17.8 Å². The molecule has 0 saturated heterocycles. The number of hydrogen-bond donors (Lipinski definition) is 1. The van der Waals surface area contributed by atoms with Crippen LogP contribution in [-0.2, 0) is 11.2 Å². The summed E-state index contributed by atoms with van der Waals surface area (Å²) in [7, 11) is 0. The molecule has 0 fully saturated rings. The third-order valence-electron chi connectivity index (χ3n) is 1.54. The van der Waals surface area contributed by atoms with Crippen molar-refractivity contribution in [2.24, 2.45) is 0 Å². The van der Waals surface area contributed by atoms with Crippen molar-refractivity contribution >= 4 is 33.7 Å². The number of aromatic nitrogens is 2. The summed E-state index contributed by atoms with van der Waals surface area (Å²) in [5.41, 5.74) is 5.44. The minimum absolute atomic E-state index is 0.469. The van der Waals surface area contributed by atoms with Crippen LogP contribution in [0.2, 0.25) is 0 Å². The van der Waals surface area contributed by atoms with Crippen LogP contribution in [0.4, 0.5) is 5.13 Å². The van der Waals surface area contributed by atoms with Gasteiger partial charge in [0.25, 0.3) is 0 Å². The molecule has 1 heterocycles. The number of unbranched alkanes of at least 4 members (excludes halogenated alkanes) is 1. The van der Waals surface area contributed by atoms with Gasteiger partial charge < -0.3 is 10.5 Å². The molecule has 4 nitrogen and oxygen atoms in total. The van der Waals surface area contributed by atoms with Crippen molar-refractivity contribution in [3.8, 4) is 0 Å². The van der Waals surface area contributed by atoms with Gasteiger partial charge in [-0.15, -0.1) is 10.2 Å². The largest absolute Gasteiger partial charge is 0.487 e. The molecule has 0 radical (unpaired) electrons. The summed E-state index contributed by atoms with van der Waals surface area (Å²) >= 11 is 6.38. The Hall–Kier alpha value is -0.750. The van der Waals surface area contributed by atoms with Crippen LogP contribution in [0.5, 0.6) is 0 Å². The monoisotopic (exact) mass is 231 g/mol. The summed E-state index contributed by atoms with van der Waals surface area (Å²) in [6.07, 6.45) is 2.67. The van der Waals surface area contributed by atoms with Gasteiger partial charge in [-0.1, -0.05) is 24.7 Å². The molecule has 0 amide bonds. The second-order valence-corrected chi connectivity index (χ2v) is 4.33. The molecule has 1 aromatic heterocycles. The highest BCUT2D eigenvalue weighted by Gasteiger charge is 2.05. The Bertz CT molecular complexity index is 301. The lowest BCUT2D eigenvalue weighted by Crippen LogP contribution is -2.06. The third kappa shape index (κ3) is 3.97. The summed E-state index contributed by atoms with van der Waals surface area (Å²) in [6.45, 7) is 2.79. The van der Waals surface area contributed by atoms with Gasteiger partial charge in [0.15, 0.2) is 5.05 Å². The van der Waals surface area contributed by atoms with Crippen molar-refractivity contribution in [2.75, 3.05) is 12.3 Å². The molecule has 14 heavy (non-hydrogen) atoms. The smallest absolute Gasteiger partial charge is 0.203 e. The predicted molar refractivity (Wildman–Crippen MR) is 61.5 cm³/mol. The maximum absolute atomic E-state index is 5.44. The maximum atomic E-state index is 5.44. The lowest BCUT2D eigenvalue weighted by Gasteiger charge is -2.03. The van der Waals surface area contributed by atoms with Gasteiger partial charge in [0, 0.05) is 0 Å². The number of ether oxygens (including phenoxy) is 1. The number of rotatable bonds is 5. The maximum Gasteiger partial charge on any atom is 0.203 e. The summed E-state index contributed by atoms with van der Waals surface area (Å²) in [4.78, 5) is 0. The molecular formula is C8H13N3OS2. The van der Waals surface area contributed by atoms with E-state index in [1.54, 1.807) is 0 Å². The Morgan fingerprint density at radius 1 is 1.57 bits per heavy atom. The van der Waals surface area contributed by atoms with Gasteiger partial charge in [-0.25, -0.2) is 0 Å². The Morgan fingerprint density at radius 3 is 2.93 bits per heavy atom. The number of nitrogen functional groups attached to an aromatic ring is 1. The number of anilines is 1. The highest BCUT2D eigenvalue weighted by Crippen LogP contribution is 2.12. The zero-order chi connectivity index (χ0) is 10.4. The SMILES string of the molecule is CCCCOC(=S)Cc1nnc(N)s1. The number of nitrogens with two attached hydrogens (primary N) is 1. The van der Waals surface area contributed by atoms with Crippen molar-refractivity contribution in [1.82, 2.24) is 10.2 Å². The standard InChI is InChI=1S/C8H13N3OS2/c1-2-3-4-12-7(13)5-6-10-11-8(9)14-6/h2-5H2,1H3,(H2,9,11). The first-order chi connectivity index (χ1) is 6.72. The molecule has 0 spiro atoms. The second kappa shape index (κ2) is 5.87.